The molecule has 1 aliphatic carbocycles. The van der Waals surface area contributed by atoms with Gasteiger partial charge in [-0.2, -0.15) is 0 Å². The van der Waals surface area contributed by atoms with Gasteiger partial charge in [0.2, 0.25) is 0 Å². The van der Waals surface area contributed by atoms with Gasteiger partial charge in [0.05, 0.1) is 11.0 Å². The van der Waals surface area contributed by atoms with E-state index in [2.05, 4.69) is 228 Å². The van der Waals surface area contributed by atoms with Crippen molar-refractivity contribution in [2.45, 2.75) is 19.3 Å². The molecular weight excluding hydrogens is 743 g/mol. The fourth-order valence-electron chi connectivity index (χ4n) is 10.4. The number of nitrogens with zero attached hydrogens (tertiary/aromatic N) is 3. The van der Waals surface area contributed by atoms with Gasteiger partial charge < -0.3 is 18.1 Å². The molecule has 0 saturated carbocycles. The van der Waals surface area contributed by atoms with Crippen LogP contribution in [-0.4, -0.2) is 13.7 Å². The number of furan rings is 1. The van der Waals surface area contributed by atoms with E-state index in [4.69, 9.17) is 4.42 Å². The molecule has 8 bridgehead atoms. The summed E-state index contributed by atoms with van der Waals surface area (Å²) < 4.78 is 13.8. The Labute approximate surface area is 352 Å². The van der Waals surface area contributed by atoms with E-state index in [1.165, 1.54) is 38.5 Å². The lowest BCUT2D eigenvalue weighted by Crippen LogP contribution is -2.15. The van der Waals surface area contributed by atoms with Crippen LogP contribution in [0.1, 0.15) is 25.0 Å². The van der Waals surface area contributed by atoms with Crippen LogP contribution in [0.15, 0.2) is 205 Å². The van der Waals surface area contributed by atoms with Crippen molar-refractivity contribution >= 4 is 76.6 Å². The molecule has 61 heavy (non-hydrogen) atoms. The zero-order valence-electron chi connectivity index (χ0n) is 33.8. The molecule has 1 aliphatic rings. The highest BCUT2D eigenvalue weighted by atomic mass is 16.3. The van der Waals surface area contributed by atoms with Crippen molar-refractivity contribution in [1.82, 2.24) is 13.7 Å². The average Bonchev–Trinajstić information content (AvgIpc) is 3.91. The SMILES string of the molecule is CC1(C)c2ccccc2-c2ccc(-n3c4cccc(c4)c4cccc(c4)n(-c4ccc5c6ccccc6n(-c6ccccc6)c5c4)c4ccc5oc6ccc3cc6c5c4)cc21. The first-order valence-electron chi connectivity index (χ1n) is 21.1. The standard InChI is InChI=1S/C57H39N3O/c1-57(2)51-20-8-6-18-45(51)46-26-22-43(34-52(46)57)58-39-16-10-12-36(30-39)37-13-11-17-40(31-37)59(42-25-29-56-50(33-42)49-32-41(58)24-28-55(49)61-56)44-23-27-48-47-19-7-9-21-53(47)60(54(48)35-44)38-14-4-3-5-15-38/h3-35H,1-2H3. The predicted molar refractivity (Wildman–Crippen MR) is 254 cm³/mol. The monoisotopic (exact) mass is 781 g/mol. The van der Waals surface area contributed by atoms with Crippen LogP contribution in [0.5, 0.6) is 0 Å². The van der Waals surface area contributed by atoms with Gasteiger partial charge in [0.1, 0.15) is 11.2 Å². The van der Waals surface area contributed by atoms with Gasteiger partial charge in [-0.15, -0.1) is 0 Å². The van der Waals surface area contributed by atoms with Crippen LogP contribution in [0.2, 0.25) is 0 Å². The van der Waals surface area contributed by atoms with Crippen molar-refractivity contribution in [1.29, 1.82) is 0 Å². The Bertz CT molecular complexity index is 3850. The van der Waals surface area contributed by atoms with Gasteiger partial charge in [-0.05, 0) is 136 Å². The van der Waals surface area contributed by atoms with E-state index in [1.807, 2.05) is 0 Å². The van der Waals surface area contributed by atoms with Crippen LogP contribution in [-0.2, 0) is 5.41 Å². The summed E-state index contributed by atoms with van der Waals surface area (Å²) in [5.74, 6) is 0. The van der Waals surface area contributed by atoms with E-state index in [-0.39, 0.29) is 5.41 Å². The number of hydrogen-bond acceptors (Lipinski definition) is 1. The van der Waals surface area contributed by atoms with E-state index in [0.717, 1.165) is 77.4 Å². The third-order valence-corrected chi connectivity index (χ3v) is 13.3. The molecule has 0 spiro atoms. The average molecular weight is 782 g/mol. The maximum Gasteiger partial charge on any atom is 0.135 e. The molecule has 4 nitrogen and oxygen atoms in total. The van der Waals surface area contributed by atoms with E-state index >= 15 is 0 Å². The molecule has 0 aliphatic heterocycles. The normalized spacial score (nSPS) is 13.2. The molecule has 13 rings (SSSR count). The molecular formula is C57H39N3O. The Morgan fingerprint density at radius 3 is 1.64 bits per heavy atom. The molecule has 0 fully saturated rings. The van der Waals surface area contributed by atoms with Crippen LogP contribution in [0.25, 0.3) is 105 Å². The summed E-state index contributed by atoms with van der Waals surface area (Å²) in [5.41, 5.74) is 17.0. The topological polar surface area (TPSA) is 27.9 Å². The minimum absolute atomic E-state index is 0.122. The molecule has 0 unspecified atom stereocenters. The highest BCUT2D eigenvalue weighted by Crippen LogP contribution is 2.49. The van der Waals surface area contributed by atoms with Crippen LogP contribution < -0.4 is 0 Å². The first-order valence-corrected chi connectivity index (χ1v) is 21.1. The summed E-state index contributed by atoms with van der Waals surface area (Å²) in [7, 11) is 0. The van der Waals surface area contributed by atoms with Gasteiger partial charge >= 0.3 is 0 Å². The maximum atomic E-state index is 6.59. The molecule has 288 valence electrons. The van der Waals surface area contributed by atoms with Crippen LogP contribution in [0.3, 0.4) is 0 Å². The van der Waals surface area contributed by atoms with Gasteiger partial charge in [0, 0.05) is 66.1 Å². The summed E-state index contributed by atoms with van der Waals surface area (Å²) >= 11 is 0. The molecule has 4 heteroatoms. The smallest absolute Gasteiger partial charge is 0.135 e. The van der Waals surface area contributed by atoms with Crippen LogP contribution in [0, 0.1) is 0 Å². The van der Waals surface area contributed by atoms with Crippen molar-refractivity contribution < 1.29 is 4.42 Å². The molecule has 12 aromatic rings. The number of benzene rings is 9. The van der Waals surface area contributed by atoms with E-state index < -0.39 is 0 Å². The van der Waals surface area contributed by atoms with Gasteiger partial charge in [-0.3, -0.25) is 0 Å². The Kier molecular flexibility index (Phi) is 7.04. The van der Waals surface area contributed by atoms with E-state index in [9.17, 15) is 0 Å². The largest absolute Gasteiger partial charge is 0.456 e. The van der Waals surface area contributed by atoms with Crippen LogP contribution in [0.4, 0.5) is 0 Å². The molecule has 0 radical (unpaired) electrons. The lowest BCUT2D eigenvalue weighted by molar-refractivity contribution is 0.660. The van der Waals surface area contributed by atoms with Crippen LogP contribution >= 0.6 is 0 Å². The van der Waals surface area contributed by atoms with Gasteiger partial charge in [0.15, 0.2) is 0 Å². The summed E-state index contributed by atoms with van der Waals surface area (Å²) in [6, 6.07) is 73.4. The van der Waals surface area contributed by atoms with Crippen molar-refractivity contribution in [2.75, 3.05) is 0 Å². The Morgan fingerprint density at radius 2 is 0.918 bits per heavy atom. The van der Waals surface area contributed by atoms with Gasteiger partial charge in [-0.1, -0.05) is 111 Å². The van der Waals surface area contributed by atoms with E-state index in [1.54, 1.807) is 0 Å². The first kappa shape index (κ1) is 34.1. The Hall–Kier alpha value is -7.82. The quantitative estimate of drug-likeness (QED) is 0.175. The van der Waals surface area contributed by atoms with E-state index in [0.29, 0.717) is 0 Å². The van der Waals surface area contributed by atoms with Gasteiger partial charge in [-0.25, -0.2) is 0 Å². The van der Waals surface area contributed by atoms with Gasteiger partial charge in [0.25, 0.3) is 0 Å². The third kappa shape index (κ3) is 5.00. The molecule has 0 amide bonds. The molecule has 3 heterocycles. The summed E-state index contributed by atoms with van der Waals surface area (Å²) in [5, 5.41) is 6.91. The second-order valence-electron chi connectivity index (χ2n) is 17.0. The highest BCUT2D eigenvalue weighted by molar-refractivity contribution is 6.10. The number of aromatic nitrogens is 3. The number of fused-ring (bicyclic) bond motifs is 13. The fourth-order valence-corrected chi connectivity index (χ4v) is 10.4. The second-order valence-corrected chi connectivity index (χ2v) is 17.0. The van der Waals surface area contributed by atoms with Crippen molar-refractivity contribution in [3.05, 3.63) is 211 Å². The van der Waals surface area contributed by atoms with Crippen molar-refractivity contribution in [2.24, 2.45) is 0 Å². The zero-order chi connectivity index (χ0) is 40.4. The molecule has 0 saturated heterocycles. The lowest BCUT2D eigenvalue weighted by Gasteiger charge is -2.22. The first-order chi connectivity index (χ1) is 30.0. The molecule has 0 N–H and O–H groups in total. The predicted octanol–water partition coefficient (Wildman–Crippen LogP) is 15.2. The Balaban J connectivity index is 1.12. The second kappa shape index (κ2) is 12.6. The summed E-state index contributed by atoms with van der Waals surface area (Å²) in [6.45, 7) is 4.70. The highest BCUT2D eigenvalue weighted by Gasteiger charge is 2.35. The lowest BCUT2D eigenvalue weighted by atomic mass is 9.82. The summed E-state index contributed by atoms with van der Waals surface area (Å²) in [4.78, 5) is 0. The molecule has 3 aromatic heterocycles. The summed E-state index contributed by atoms with van der Waals surface area (Å²) in [6.07, 6.45) is 0. The number of rotatable bonds is 3. The minimum Gasteiger partial charge on any atom is -0.456 e. The van der Waals surface area contributed by atoms with Crippen molar-refractivity contribution in [3.8, 4) is 28.2 Å². The molecule has 0 atom stereocenters. The number of hydrogen-bond donors (Lipinski definition) is 0. The number of para-hydroxylation sites is 2. The Morgan fingerprint density at radius 1 is 0.344 bits per heavy atom. The minimum atomic E-state index is -0.122. The third-order valence-electron chi connectivity index (χ3n) is 13.3. The molecule has 9 aromatic carbocycles. The van der Waals surface area contributed by atoms with Crippen molar-refractivity contribution in [3.63, 3.8) is 0 Å². The maximum absolute atomic E-state index is 6.59. The zero-order valence-corrected chi connectivity index (χ0v) is 33.8. The fraction of sp³-hybridized carbons (Fsp3) is 0.0526.